The normalized spacial score (nSPS) is 10.5. The lowest BCUT2D eigenvalue weighted by Gasteiger charge is -2.07. The highest BCUT2D eigenvalue weighted by Crippen LogP contribution is 2.18. The molecule has 1 heterocycles. The van der Waals surface area contributed by atoms with Crippen LogP contribution in [-0.4, -0.2) is 34.1 Å². The third kappa shape index (κ3) is 4.37. The third-order valence-corrected chi connectivity index (χ3v) is 3.85. The van der Waals surface area contributed by atoms with Gasteiger partial charge >= 0.3 is 0 Å². The van der Waals surface area contributed by atoms with Gasteiger partial charge in [-0.1, -0.05) is 41.1 Å². The van der Waals surface area contributed by atoms with Gasteiger partial charge in [0.15, 0.2) is 17.3 Å². The predicted molar refractivity (Wildman–Crippen MR) is 95.2 cm³/mol. The molecule has 1 amide bonds. The molecule has 8 heteroatoms. The number of nitrogens with one attached hydrogen (secondary N) is 1. The number of rotatable bonds is 7. The zero-order valence-electron chi connectivity index (χ0n) is 13.7. The number of hydrogen-bond donors (Lipinski definition) is 1. The van der Waals surface area contributed by atoms with Crippen LogP contribution in [0.2, 0.25) is 5.02 Å². The Bertz CT molecular complexity index is 900. The van der Waals surface area contributed by atoms with Crippen molar-refractivity contribution in [3.63, 3.8) is 0 Å². The van der Waals surface area contributed by atoms with Crippen molar-refractivity contribution in [2.45, 2.75) is 6.42 Å². The second-order valence-corrected chi connectivity index (χ2v) is 5.80. The molecule has 0 saturated heterocycles. The number of amides is 1. The molecule has 3 rings (SSSR count). The summed E-state index contributed by atoms with van der Waals surface area (Å²) in [7, 11) is 0. The number of nitrogens with zero attached hydrogens (tertiary/aromatic N) is 3. The highest BCUT2D eigenvalue weighted by Gasteiger charge is 2.12. The Morgan fingerprint density at radius 3 is 2.77 bits per heavy atom. The number of carbonyl (C=O) groups excluding carboxylic acids is 1. The monoisotopic (exact) mass is 374 g/mol. The number of hydrogen-bond acceptors (Lipinski definition) is 4. The van der Waals surface area contributed by atoms with Gasteiger partial charge in [0, 0.05) is 6.54 Å². The molecule has 0 aliphatic rings. The Labute approximate surface area is 154 Å². The summed E-state index contributed by atoms with van der Waals surface area (Å²) >= 11 is 6.10. The molecule has 1 N–H and O–H groups in total. The van der Waals surface area contributed by atoms with Crippen molar-refractivity contribution in [2.24, 2.45) is 0 Å². The summed E-state index contributed by atoms with van der Waals surface area (Å²) in [6.45, 7) is 0.653. The fraction of sp³-hybridized carbons (Fsp3) is 0.167. The molecule has 3 aromatic rings. The van der Waals surface area contributed by atoms with Crippen LogP contribution in [0.1, 0.15) is 16.9 Å². The van der Waals surface area contributed by atoms with Crippen LogP contribution < -0.4 is 10.1 Å². The van der Waals surface area contributed by atoms with Crippen LogP contribution in [0.5, 0.6) is 5.75 Å². The lowest BCUT2D eigenvalue weighted by atomic mass is 10.3. The van der Waals surface area contributed by atoms with Gasteiger partial charge in [-0.15, -0.1) is 5.10 Å². The second kappa shape index (κ2) is 8.44. The summed E-state index contributed by atoms with van der Waals surface area (Å²) in [5.74, 6) is -0.566. The van der Waals surface area contributed by atoms with Gasteiger partial charge < -0.3 is 10.1 Å². The molecule has 0 fully saturated rings. The highest BCUT2D eigenvalue weighted by atomic mass is 35.5. The van der Waals surface area contributed by atoms with Crippen molar-refractivity contribution >= 4 is 17.5 Å². The molecule has 0 spiro atoms. The van der Waals surface area contributed by atoms with Gasteiger partial charge in [0.25, 0.3) is 5.91 Å². The van der Waals surface area contributed by atoms with Crippen LogP contribution in [0.15, 0.2) is 54.7 Å². The van der Waals surface area contributed by atoms with E-state index in [1.54, 1.807) is 36.4 Å². The van der Waals surface area contributed by atoms with Crippen molar-refractivity contribution in [2.75, 3.05) is 13.2 Å². The first-order valence-corrected chi connectivity index (χ1v) is 8.36. The number of ether oxygens (including phenoxy) is 1. The maximum Gasteiger partial charge on any atom is 0.273 e. The number of para-hydroxylation sites is 2. The molecule has 1 aromatic heterocycles. The standard InChI is InChI=1S/C18H16ClFN4O2/c19-13-6-1-3-8-16(13)24-12-15(22-23-24)18(25)21-10-5-11-26-17-9-4-2-7-14(17)20/h1-4,6-9,12H,5,10-11H2,(H,21,25). The third-order valence-electron chi connectivity index (χ3n) is 3.53. The van der Waals surface area contributed by atoms with E-state index >= 15 is 0 Å². The van der Waals surface area contributed by atoms with Crippen LogP contribution in [0.3, 0.4) is 0 Å². The number of aromatic nitrogens is 3. The van der Waals surface area contributed by atoms with Gasteiger partial charge in [0.1, 0.15) is 0 Å². The maximum atomic E-state index is 13.4. The van der Waals surface area contributed by atoms with Crippen molar-refractivity contribution in [1.82, 2.24) is 20.3 Å². The first-order valence-electron chi connectivity index (χ1n) is 7.98. The topological polar surface area (TPSA) is 69.0 Å². The zero-order valence-corrected chi connectivity index (χ0v) is 14.5. The van der Waals surface area contributed by atoms with Crippen molar-refractivity contribution < 1.29 is 13.9 Å². The molecular weight excluding hydrogens is 359 g/mol. The molecule has 6 nitrogen and oxygen atoms in total. The van der Waals surface area contributed by atoms with Crippen molar-refractivity contribution in [3.05, 3.63) is 71.3 Å². The largest absolute Gasteiger partial charge is 0.490 e. The van der Waals surface area contributed by atoms with Gasteiger partial charge in [-0.2, -0.15) is 0 Å². The Kier molecular flexibility index (Phi) is 5.80. The fourth-order valence-electron chi connectivity index (χ4n) is 2.23. The Hall–Kier alpha value is -2.93. The summed E-state index contributed by atoms with van der Waals surface area (Å²) in [5.41, 5.74) is 0.818. The molecule has 2 aromatic carbocycles. The molecule has 134 valence electrons. The van der Waals surface area contributed by atoms with E-state index in [1.165, 1.54) is 16.9 Å². The Morgan fingerprint density at radius 1 is 1.19 bits per heavy atom. The van der Waals surface area contributed by atoms with Gasteiger partial charge in [-0.05, 0) is 30.7 Å². The Balaban J connectivity index is 1.47. The first kappa shape index (κ1) is 17.9. The van der Waals surface area contributed by atoms with Crippen molar-refractivity contribution in [1.29, 1.82) is 0 Å². The van der Waals surface area contributed by atoms with E-state index in [1.807, 2.05) is 6.07 Å². The summed E-state index contributed by atoms with van der Waals surface area (Å²) in [6.07, 6.45) is 2.03. The van der Waals surface area contributed by atoms with Crippen molar-refractivity contribution in [3.8, 4) is 11.4 Å². The number of carbonyl (C=O) groups is 1. The van der Waals surface area contributed by atoms with Gasteiger partial charge in [-0.25, -0.2) is 9.07 Å². The summed E-state index contributed by atoms with van der Waals surface area (Å²) in [4.78, 5) is 12.1. The fourth-order valence-corrected chi connectivity index (χ4v) is 2.45. The summed E-state index contributed by atoms with van der Waals surface area (Å²) < 4.78 is 20.2. The smallest absolute Gasteiger partial charge is 0.273 e. The van der Waals surface area contributed by atoms with Gasteiger partial charge in [0.2, 0.25) is 0 Å². The lowest BCUT2D eigenvalue weighted by Crippen LogP contribution is -2.26. The van der Waals surface area contributed by atoms with Crippen LogP contribution in [0, 0.1) is 5.82 Å². The second-order valence-electron chi connectivity index (χ2n) is 5.39. The number of benzene rings is 2. The van der Waals surface area contributed by atoms with Gasteiger partial charge in [0.05, 0.1) is 23.5 Å². The zero-order chi connectivity index (χ0) is 18.4. The molecule has 0 atom stereocenters. The van der Waals surface area contributed by atoms with E-state index in [0.717, 1.165) is 0 Å². The minimum atomic E-state index is -0.410. The quantitative estimate of drug-likeness (QED) is 0.644. The average molecular weight is 375 g/mol. The summed E-state index contributed by atoms with van der Waals surface area (Å²) in [6, 6.07) is 13.3. The van der Waals surface area contributed by atoms with Crippen LogP contribution in [0.4, 0.5) is 4.39 Å². The maximum absolute atomic E-state index is 13.4. The molecule has 0 unspecified atom stereocenters. The molecule has 0 aliphatic carbocycles. The van der Waals surface area contributed by atoms with E-state index in [2.05, 4.69) is 15.6 Å². The van der Waals surface area contributed by atoms with E-state index < -0.39 is 5.82 Å². The number of halogens is 2. The molecule has 0 bridgehead atoms. The SMILES string of the molecule is O=C(NCCCOc1ccccc1F)c1cn(-c2ccccc2Cl)nn1. The van der Waals surface area contributed by atoms with Crippen LogP contribution in [0.25, 0.3) is 5.69 Å². The predicted octanol–water partition coefficient (Wildman–Crippen LogP) is 3.26. The van der Waals surface area contributed by atoms with Gasteiger partial charge in [-0.3, -0.25) is 4.79 Å². The first-order chi connectivity index (χ1) is 12.6. The minimum Gasteiger partial charge on any atom is -0.490 e. The van der Waals surface area contributed by atoms with E-state index in [-0.39, 0.29) is 24.0 Å². The minimum absolute atomic E-state index is 0.181. The van der Waals surface area contributed by atoms with Crippen LogP contribution >= 0.6 is 11.6 Å². The molecule has 0 aliphatic heterocycles. The highest BCUT2D eigenvalue weighted by molar-refractivity contribution is 6.32. The average Bonchev–Trinajstić information content (AvgIpc) is 3.13. The molecule has 0 saturated carbocycles. The molecular formula is C18H16ClFN4O2. The molecule has 26 heavy (non-hydrogen) atoms. The van der Waals surface area contributed by atoms with E-state index in [9.17, 15) is 9.18 Å². The van der Waals surface area contributed by atoms with Crippen LogP contribution in [-0.2, 0) is 0 Å². The van der Waals surface area contributed by atoms with E-state index in [4.69, 9.17) is 16.3 Å². The summed E-state index contributed by atoms with van der Waals surface area (Å²) in [5, 5.41) is 11.0. The Morgan fingerprint density at radius 2 is 1.96 bits per heavy atom. The lowest BCUT2D eigenvalue weighted by molar-refractivity contribution is 0.0946. The van der Waals surface area contributed by atoms with E-state index in [0.29, 0.717) is 23.7 Å². The molecule has 0 radical (unpaired) electrons.